The van der Waals surface area contributed by atoms with Gasteiger partial charge in [0, 0.05) is 18.8 Å². The number of halogens is 1. The van der Waals surface area contributed by atoms with Gasteiger partial charge in [-0.2, -0.15) is 0 Å². The zero-order chi connectivity index (χ0) is 10.7. The molecule has 0 aromatic carbocycles. The standard InChI is InChI=1S/C11H15ClN2O/c1-15-11-5-9(10(12)7-14-11)8-3-2-4-13-6-8/h5,7-8,13H,2-4,6H2,1H3. The molecule has 4 heteroatoms. The topological polar surface area (TPSA) is 34.1 Å². The van der Waals surface area contributed by atoms with E-state index in [0.717, 1.165) is 23.7 Å². The van der Waals surface area contributed by atoms with E-state index in [-0.39, 0.29) is 0 Å². The average Bonchev–Trinajstić information content (AvgIpc) is 2.31. The van der Waals surface area contributed by atoms with Gasteiger partial charge in [0.2, 0.25) is 5.88 Å². The van der Waals surface area contributed by atoms with Crippen molar-refractivity contribution in [3.8, 4) is 5.88 Å². The first-order chi connectivity index (χ1) is 7.31. The van der Waals surface area contributed by atoms with Crippen LogP contribution in [0.1, 0.15) is 24.3 Å². The summed E-state index contributed by atoms with van der Waals surface area (Å²) < 4.78 is 5.11. The molecule has 0 saturated carbocycles. The summed E-state index contributed by atoms with van der Waals surface area (Å²) in [6, 6.07) is 1.94. The van der Waals surface area contributed by atoms with E-state index in [9.17, 15) is 0 Å². The van der Waals surface area contributed by atoms with Gasteiger partial charge in [0.1, 0.15) is 0 Å². The van der Waals surface area contributed by atoms with Gasteiger partial charge < -0.3 is 10.1 Å². The lowest BCUT2D eigenvalue weighted by atomic mass is 9.92. The maximum atomic E-state index is 6.14. The zero-order valence-corrected chi connectivity index (χ0v) is 9.55. The fourth-order valence-corrected chi connectivity index (χ4v) is 2.23. The number of hydrogen-bond acceptors (Lipinski definition) is 3. The van der Waals surface area contributed by atoms with Crippen molar-refractivity contribution >= 4 is 11.6 Å². The van der Waals surface area contributed by atoms with Crippen LogP contribution in [0.2, 0.25) is 5.02 Å². The summed E-state index contributed by atoms with van der Waals surface area (Å²) in [4.78, 5) is 4.08. The smallest absolute Gasteiger partial charge is 0.213 e. The van der Waals surface area contributed by atoms with Crippen molar-refractivity contribution in [2.45, 2.75) is 18.8 Å². The van der Waals surface area contributed by atoms with Gasteiger partial charge in [0.05, 0.1) is 12.1 Å². The van der Waals surface area contributed by atoms with Crippen molar-refractivity contribution in [2.75, 3.05) is 20.2 Å². The van der Waals surface area contributed by atoms with Gasteiger partial charge in [-0.3, -0.25) is 0 Å². The number of ether oxygens (including phenoxy) is 1. The second-order valence-corrected chi connectivity index (χ2v) is 4.20. The maximum absolute atomic E-state index is 6.14. The van der Waals surface area contributed by atoms with Crippen LogP contribution in [-0.4, -0.2) is 25.2 Å². The second-order valence-electron chi connectivity index (χ2n) is 3.79. The van der Waals surface area contributed by atoms with E-state index in [1.165, 1.54) is 12.8 Å². The summed E-state index contributed by atoms with van der Waals surface area (Å²) in [6.07, 6.45) is 4.05. The van der Waals surface area contributed by atoms with Crippen LogP contribution >= 0.6 is 11.6 Å². The van der Waals surface area contributed by atoms with E-state index < -0.39 is 0 Å². The molecule has 0 bridgehead atoms. The van der Waals surface area contributed by atoms with Crippen molar-refractivity contribution in [2.24, 2.45) is 0 Å². The Balaban J connectivity index is 2.24. The SMILES string of the molecule is COc1cc(C2CCCNC2)c(Cl)cn1. The molecule has 1 aromatic heterocycles. The van der Waals surface area contributed by atoms with Gasteiger partial charge in [-0.25, -0.2) is 4.98 Å². The highest BCUT2D eigenvalue weighted by molar-refractivity contribution is 6.31. The maximum Gasteiger partial charge on any atom is 0.213 e. The Morgan fingerprint density at radius 3 is 3.13 bits per heavy atom. The molecule has 15 heavy (non-hydrogen) atoms. The van der Waals surface area contributed by atoms with Crippen LogP contribution in [0.3, 0.4) is 0 Å². The highest BCUT2D eigenvalue weighted by Gasteiger charge is 2.18. The molecule has 82 valence electrons. The van der Waals surface area contributed by atoms with Crippen molar-refractivity contribution in [1.29, 1.82) is 0 Å². The van der Waals surface area contributed by atoms with Crippen molar-refractivity contribution in [3.63, 3.8) is 0 Å². The van der Waals surface area contributed by atoms with E-state index in [0.29, 0.717) is 11.8 Å². The van der Waals surface area contributed by atoms with E-state index >= 15 is 0 Å². The fraction of sp³-hybridized carbons (Fsp3) is 0.545. The third-order valence-corrected chi connectivity index (χ3v) is 3.12. The lowest BCUT2D eigenvalue weighted by Gasteiger charge is -2.23. The van der Waals surface area contributed by atoms with Crippen LogP contribution in [-0.2, 0) is 0 Å². The Kier molecular flexibility index (Phi) is 3.44. The first-order valence-corrected chi connectivity index (χ1v) is 5.59. The Morgan fingerprint density at radius 1 is 1.60 bits per heavy atom. The van der Waals surface area contributed by atoms with Crippen molar-refractivity contribution in [3.05, 3.63) is 22.8 Å². The Bertz CT molecular complexity index is 337. The van der Waals surface area contributed by atoms with Crippen molar-refractivity contribution < 1.29 is 4.74 Å². The minimum absolute atomic E-state index is 0.489. The Morgan fingerprint density at radius 2 is 2.47 bits per heavy atom. The Hall–Kier alpha value is -0.800. The summed E-state index contributed by atoms with van der Waals surface area (Å²) in [7, 11) is 1.62. The zero-order valence-electron chi connectivity index (χ0n) is 8.79. The van der Waals surface area contributed by atoms with E-state index in [1.807, 2.05) is 6.07 Å². The van der Waals surface area contributed by atoms with Gasteiger partial charge in [-0.05, 0) is 30.9 Å². The third-order valence-electron chi connectivity index (χ3n) is 2.81. The monoisotopic (exact) mass is 226 g/mol. The molecule has 1 atom stereocenters. The fourth-order valence-electron chi connectivity index (χ4n) is 1.98. The first-order valence-electron chi connectivity index (χ1n) is 5.21. The summed E-state index contributed by atoms with van der Waals surface area (Å²) in [6.45, 7) is 2.10. The van der Waals surface area contributed by atoms with Crippen LogP contribution in [0.5, 0.6) is 5.88 Å². The molecule has 2 rings (SSSR count). The molecule has 0 radical (unpaired) electrons. The number of aromatic nitrogens is 1. The van der Waals surface area contributed by atoms with Gasteiger partial charge >= 0.3 is 0 Å². The number of nitrogens with zero attached hydrogens (tertiary/aromatic N) is 1. The molecule has 1 N–H and O–H groups in total. The molecule has 1 aromatic rings. The van der Waals surface area contributed by atoms with Gasteiger partial charge in [0.15, 0.2) is 0 Å². The molecule has 3 nitrogen and oxygen atoms in total. The molecule has 1 aliphatic rings. The minimum Gasteiger partial charge on any atom is -0.481 e. The predicted octanol–water partition coefficient (Wildman–Crippen LogP) is 2.21. The molecule has 1 saturated heterocycles. The van der Waals surface area contributed by atoms with Gasteiger partial charge in [0.25, 0.3) is 0 Å². The summed E-state index contributed by atoms with van der Waals surface area (Å²) >= 11 is 6.14. The first kappa shape index (κ1) is 10.7. The molecule has 0 spiro atoms. The number of pyridine rings is 1. The number of piperidine rings is 1. The molecular weight excluding hydrogens is 212 g/mol. The lowest BCUT2D eigenvalue weighted by Crippen LogP contribution is -2.28. The quantitative estimate of drug-likeness (QED) is 0.840. The highest BCUT2D eigenvalue weighted by Crippen LogP contribution is 2.30. The van der Waals surface area contributed by atoms with Gasteiger partial charge in [-0.1, -0.05) is 11.6 Å². The average molecular weight is 227 g/mol. The largest absolute Gasteiger partial charge is 0.481 e. The summed E-state index contributed by atoms with van der Waals surface area (Å²) in [5, 5.41) is 4.12. The van der Waals surface area contributed by atoms with E-state index in [1.54, 1.807) is 13.3 Å². The summed E-state index contributed by atoms with van der Waals surface area (Å²) in [5.74, 6) is 1.13. The van der Waals surface area contributed by atoms with Crippen LogP contribution in [0.25, 0.3) is 0 Å². The van der Waals surface area contributed by atoms with Crippen LogP contribution < -0.4 is 10.1 Å². The highest BCUT2D eigenvalue weighted by atomic mass is 35.5. The van der Waals surface area contributed by atoms with Gasteiger partial charge in [-0.15, -0.1) is 0 Å². The molecule has 1 fully saturated rings. The number of methoxy groups -OCH3 is 1. The molecule has 0 amide bonds. The van der Waals surface area contributed by atoms with Crippen molar-refractivity contribution in [1.82, 2.24) is 10.3 Å². The van der Waals surface area contributed by atoms with Crippen LogP contribution in [0.4, 0.5) is 0 Å². The third kappa shape index (κ3) is 2.41. The number of nitrogens with one attached hydrogen (secondary N) is 1. The second kappa shape index (κ2) is 4.81. The lowest BCUT2D eigenvalue weighted by molar-refractivity contribution is 0.395. The number of hydrogen-bond donors (Lipinski definition) is 1. The van der Waals surface area contributed by atoms with Crippen LogP contribution in [0.15, 0.2) is 12.3 Å². The molecule has 1 unspecified atom stereocenters. The summed E-state index contributed by atoms with van der Waals surface area (Å²) in [5.41, 5.74) is 1.15. The van der Waals surface area contributed by atoms with E-state index in [2.05, 4.69) is 10.3 Å². The number of rotatable bonds is 2. The minimum atomic E-state index is 0.489. The van der Waals surface area contributed by atoms with Crippen LogP contribution in [0, 0.1) is 0 Å². The molecule has 1 aliphatic heterocycles. The molecule has 0 aliphatic carbocycles. The molecular formula is C11H15ClN2O. The molecule has 2 heterocycles. The van der Waals surface area contributed by atoms with E-state index in [4.69, 9.17) is 16.3 Å². The predicted molar refractivity (Wildman–Crippen MR) is 60.6 cm³/mol. The Labute approximate surface area is 94.8 Å². The normalized spacial score (nSPS) is 21.3.